The van der Waals surface area contributed by atoms with Crippen molar-refractivity contribution in [2.45, 2.75) is 11.3 Å². The number of aromatic nitrogens is 2. The maximum Gasteiger partial charge on any atom is 0.411 e. The highest BCUT2D eigenvalue weighted by atomic mass is 32.2. The van der Waals surface area contributed by atoms with Crippen LogP contribution in [0.4, 0.5) is 24.8 Å². The molecule has 5 nitrogen and oxygen atoms in total. The molecule has 0 atom stereocenters. The zero-order chi connectivity index (χ0) is 12.2. The Hall–Kier alpha value is -1.22. The Morgan fingerprint density at radius 2 is 1.81 bits per heavy atom. The van der Waals surface area contributed by atoms with Crippen molar-refractivity contribution < 1.29 is 17.9 Å². The molecule has 4 N–H and O–H groups in total. The Morgan fingerprint density at radius 3 is 2.31 bits per heavy atom. The summed E-state index contributed by atoms with van der Waals surface area (Å²) < 4.78 is 39.5. The largest absolute Gasteiger partial charge is 0.411 e. The SMILES string of the molecule is Nc1cc(N)nc(SCOCC(F)(F)F)n1. The second-order valence-electron chi connectivity index (χ2n) is 2.73. The second-order valence-corrected chi connectivity index (χ2v) is 3.62. The van der Waals surface area contributed by atoms with E-state index < -0.39 is 12.8 Å². The van der Waals surface area contributed by atoms with Crippen molar-refractivity contribution >= 4 is 23.4 Å². The molecule has 16 heavy (non-hydrogen) atoms. The Kier molecular flexibility index (Phi) is 4.19. The number of rotatable bonds is 4. The predicted molar refractivity (Wildman–Crippen MR) is 53.6 cm³/mol. The van der Waals surface area contributed by atoms with Gasteiger partial charge in [-0.05, 0) is 0 Å². The van der Waals surface area contributed by atoms with Crippen LogP contribution >= 0.6 is 11.8 Å². The van der Waals surface area contributed by atoms with Gasteiger partial charge in [-0.3, -0.25) is 0 Å². The van der Waals surface area contributed by atoms with Crippen LogP contribution in [0, 0.1) is 0 Å². The molecule has 0 aromatic carbocycles. The zero-order valence-corrected chi connectivity index (χ0v) is 8.81. The molecule has 0 fully saturated rings. The van der Waals surface area contributed by atoms with Gasteiger partial charge in [0.15, 0.2) is 5.16 Å². The number of nitrogens with two attached hydrogens (primary N) is 2. The predicted octanol–water partition coefficient (Wildman–Crippen LogP) is 1.27. The molecular formula is C7H9F3N4OS. The van der Waals surface area contributed by atoms with Crippen molar-refractivity contribution in [3.8, 4) is 0 Å². The van der Waals surface area contributed by atoms with E-state index in [1.807, 2.05) is 0 Å². The van der Waals surface area contributed by atoms with Crippen LogP contribution < -0.4 is 11.5 Å². The summed E-state index contributed by atoms with van der Waals surface area (Å²) in [4.78, 5) is 7.51. The molecule has 0 bridgehead atoms. The van der Waals surface area contributed by atoms with E-state index in [0.717, 1.165) is 11.8 Å². The van der Waals surface area contributed by atoms with Gasteiger partial charge in [-0.25, -0.2) is 9.97 Å². The molecule has 1 rings (SSSR count). The van der Waals surface area contributed by atoms with E-state index in [9.17, 15) is 13.2 Å². The number of thioether (sulfide) groups is 1. The Morgan fingerprint density at radius 1 is 1.25 bits per heavy atom. The standard InChI is InChI=1S/C7H9F3N4OS/c8-7(9,10)2-15-3-16-6-13-4(11)1-5(12)14-6/h1H,2-3H2,(H4,11,12,13,14). The van der Waals surface area contributed by atoms with Gasteiger partial charge in [-0.1, -0.05) is 11.8 Å². The van der Waals surface area contributed by atoms with E-state index in [2.05, 4.69) is 14.7 Å². The molecule has 0 spiro atoms. The molecule has 0 unspecified atom stereocenters. The lowest BCUT2D eigenvalue weighted by atomic mass is 10.5. The molecule has 0 radical (unpaired) electrons. The van der Waals surface area contributed by atoms with E-state index in [1.165, 1.54) is 6.07 Å². The van der Waals surface area contributed by atoms with Crippen LogP contribution in [0.25, 0.3) is 0 Å². The first-order valence-electron chi connectivity index (χ1n) is 4.04. The van der Waals surface area contributed by atoms with Gasteiger partial charge in [-0.2, -0.15) is 13.2 Å². The van der Waals surface area contributed by atoms with Gasteiger partial charge in [0.1, 0.15) is 24.2 Å². The third-order valence-electron chi connectivity index (χ3n) is 1.28. The normalized spacial score (nSPS) is 11.7. The average molecular weight is 254 g/mol. The first-order chi connectivity index (χ1) is 7.37. The van der Waals surface area contributed by atoms with Gasteiger partial charge in [0, 0.05) is 6.07 Å². The van der Waals surface area contributed by atoms with E-state index >= 15 is 0 Å². The number of nitrogens with zero attached hydrogens (tertiary/aromatic N) is 2. The molecule has 0 amide bonds. The van der Waals surface area contributed by atoms with Crippen molar-refractivity contribution in [2.75, 3.05) is 24.0 Å². The molecule has 1 aromatic rings. The van der Waals surface area contributed by atoms with Gasteiger partial charge in [0.2, 0.25) is 0 Å². The lowest BCUT2D eigenvalue weighted by Gasteiger charge is -2.06. The highest BCUT2D eigenvalue weighted by Gasteiger charge is 2.27. The van der Waals surface area contributed by atoms with Crippen molar-refractivity contribution in [3.63, 3.8) is 0 Å². The molecule has 90 valence electrons. The summed E-state index contributed by atoms with van der Waals surface area (Å²) in [6, 6.07) is 1.35. The Labute approximate surface area is 93.4 Å². The maximum absolute atomic E-state index is 11.7. The number of halogens is 3. The van der Waals surface area contributed by atoms with Crippen LogP contribution in [0.5, 0.6) is 0 Å². The number of anilines is 2. The smallest absolute Gasteiger partial charge is 0.383 e. The second kappa shape index (κ2) is 5.21. The molecule has 0 aliphatic carbocycles. The van der Waals surface area contributed by atoms with Gasteiger partial charge in [0.25, 0.3) is 0 Å². The summed E-state index contributed by atoms with van der Waals surface area (Å²) in [7, 11) is 0. The number of hydrogen-bond acceptors (Lipinski definition) is 6. The summed E-state index contributed by atoms with van der Waals surface area (Å²) >= 11 is 0.885. The number of nitrogen functional groups attached to an aromatic ring is 2. The quantitative estimate of drug-likeness (QED) is 0.364. The first kappa shape index (κ1) is 12.8. The molecule has 0 saturated heterocycles. The van der Waals surface area contributed by atoms with Gasteiger partial charge in [-0.15, -0.1) is 0 Å². The first-order valence-corrected chi connectivity index (χ1v) is 5.03. The van der Waals surface area contributed by atoms with Crippen molar-refractivity contribution in [1.29, 1.82) is 0 Å². The third-order valence-corrected chi connectivity index (χ3v) is 2.01. The lowest BCUT2D eigenvalue weighted by molar-refractivity contribution is -0.168. The molecule has 0 aliphatic heterocycles. The van der Waals surface area contributed by atoms with Crippen LogP contribution in [0.2, 0.25) is 0 Å². The molecule has 1 heterocycles. The van der Waals surface area contributed by atoms with Crippen molar-refractivity contribution in [2.24, 2.45) is 0 Å². The summed E-state index contributed by atoms with van der Waals surface area (Å²) in [5.41, 5.74) is 10.7. The maximum atomic E-state index is 11.7. The summed E-state index contributed by atoms with van der Waals surface area (Å²) in [6.45, 7) is -1.31. The minimum absolute atomic E-state index is 0.158. The van der Waals surface area contributed by atoms with Crippen molar-refractivity contribution in [3.05, 3.63) is 6.07 Å². The fourth-order valence-corrected chi connectivity index (χ4v) is 1.39. The fraction of sp³-hybridized carbons (Fsp3) is 0.429. The molecule has 0 saturated carbocycles. The minimum atomic E-state index is -4.34. The van der Waals surface area contributed by atoms with Gasteiger partial charge in [0.05, 0.1) is 0 Å². The number of hydrogen-bond donors (Lipinski definition) is 2. The summed E-state index contributed by atoms with van der Waals surface area (Å²) in [5, 5.41) is 0.180. The van der Waals surface area contributed by atoms with Crippen LogP contribution in [0.3, 0.4) is 0 Å². The van der Waals surface area contributed by atoms with Crippen molar-refractivity contribution in [1.82, 2.24) is 9.97 Å². The highest BCUT2D eigenvalue weighted by molar-refractivity contribution is 7.99. The Balaban J connectivity index is 2.37. The Bertz CT molecular complexity index is 340. The zero-order valence-electron chi connectivity index (χ0n) is 7.99. The average Bonchev–Trinajstić information content (AvgIpc) is 2.09. The van der Waals surface area contributed by atoms with Crippen LogP contribution in [0.1, 0.15) is 0 Å². The fourth-order valence-electron chi connectivity index (χ4n) is 0.778. The molecular weight excluding hydrogens is 245 g/mol. The number of alkyl halides is 3. The molecule has 1 aromatic heterocycles. The van der Waals surface area contributed by atoms with Crippen LogP contribution in [0.15, 0.2) is 11.2 Å². The van der Waals surface area contributed by atoms with Gasteiger partial charge >= 0.3 is 6.18 Å². The lowest BCUT2D eigenvalue weighted by Crippen LogP contribution is -2.16. The van der Waals surface area contributed by atoms with Crippen LogP contribution in [-0.4, -0.2) is 28.7 Å². The molecule has 9 heteroatoms. The highest BCUT2D eigenvalue weighted by Crippen LogP contribution is 2.19. The third kappa shape index (κ3) is 5.03. The monoisotopic (exact) mass is 254 g/mol. The molecule has 0 aliphatic rings. The van der Waals surface area contributed by atoms with Crippen LogP contribution in [-0.2, 0) is 4.74 Å². The van der Waals surface area contributed by atoms with E-state index in [0.29, 0.717) is 0 Å². The minimum Gasteiger partial charge on any atom is -0.383 e. The topological polar surface area (TPSA) is 87.1 Å². The summed E-state index contributed by atoms with van der Waals surface area (Å²) in [5.74, 6) is 0.0965. The van der Waals surface area contributed by atoms with Gasteiger partial charge < -0.3 is 16.2 Å². The number of ether oxygens (including phenoxy) is 1. The van der Waals surface area contributed by atoms with E-state index in [-0.39, 0.29) is 22.7 Å². The summed E-state index contributed by atoms with van der Waals surface area (Å²) in [6.07, 6.45) is -4.34. The van der Waals surface area contributed by atoms with E-state index in [1.54, 1.807) is 0 Å². The van der Waals surface area contributed by atoms with E-state index in [4.69, 9.17) is 11.5 Å².